The Hall–Kier alpha value is 0.966. The molecular formula is C9H11KO2S. The molecule has 4 heteroatoms. The summed E-state index contributed by atoms with van der Waals surface area (Å²) in [5.74, 6) is 0.444. The maximum absolute atomic E-state index is 10.5. The van der Waals surface area contributed by atoms with E-state index in [4.69, 9.17) is 0 Å². The fourth-order valence-corrected chi connectivity index (χ4v) is 1.32. The van der Waals surface area contributed by atoms with Crippen LogP contribution in [0.4, 0.5) is 0 Å². The Morgan fingerprint density at radius 2 is 1.69 bits per heavy atom. The van der Waals surface area contributed by atoms with E-state index in [1.54, 1.807) is 12.1 Å². The molecule has 0 saturated heterocycles. The molecule has 0 bridgehead atoms. The van der Waals surface area contributed by atoms with Gasteiger partial charge in [-0.3, -0.25) is 4.21 Å². The van der Waals surface area contributed by atoms with E-state index in [2.05, 4.69) is 13.8 Å². The Bertz CT molecular complexity index is 282. The molecule has 0 heterocycles. The number of hydrogen-bond donors (Lipinski definition) is 0. The molecule has 2 nitrogen and oxygen atoms in total. The molecule has 1 aromatic carbocycles. The van der Waals surface area contributed by atoms with Crippen LogP contribution in [0.15, 0.2) is 29.2 Å². The van der Waals surface area contributed by atoms with Crippen molar-refractivity contribution in [2.24, 2.45) is 0 Å². The minimum absolute atomic E-state index is 0. The smallest absolute Gasteiger partial charge is 0.768 e. The molecular weight excluding hydrogens is 211 g/mol. The Balaban J connectivity index is 0.00000144. The Labute approximate surface area is 124 Å². The van der Waals surface area contributed by atoms with Crippen molar-refractivity contribution < 1.29 is 60.1 Å². The van der Waals surface area contributed by atoms with Crippen LogP contribution in [0.2, 0.25) is 0 Å². The van der Waals surface area contributed by atoms with Crippen molar-refractivity contribution in [2.75, 3.05) is 0 Å². The number of hydrogen-bond acceptors (Lipinski definition) is 2. The van der Waals surface area contributed by atoms with Crippen LogP contribution in [0.5, 0.6) is 0 Å². The van der Waals surface area contributed by atoms with Crippen LogP contribution >= 0.6 is 0 Å². The first-order valence-corrected chi connectivity index (χ1v) is 4.88. The average Bonchev–Trinajstić information content (AvgIpc) is 2.04. The first-order chi connectivity index (χ1) is 5.61. The Kier molecular flexibility index (Phi) is 6.93. The van der Waals surface area contributed by atoms with E-state index in [1.807, 2.05) is 12.1 Å². The van der Waals surface area contributed by atoms with E-state index < -0.39 is 11.1 Å². The summed E-state index contributed by atoms with van der Waals surface area (Å²) < 4.78 is 21.0. The Morgan fingerprint density at radius 3 is 2.00 bits per heavy atom. The maximum atomic E-state index is 10.5. The van der Waals surface area contributed by atoms with Gasteiger partial charge in [-0.05, 0) is 34.7 Å². The maximum Gasteiger partial charge on any atom is 1.00 e. The van der Waals surface area contributed by atoms with Gasteiger partial charge in [-0.15, -0.1) is 0 Å². The van der Waals surface area contributed by atoms with Gasteiger partial charge in [-0.1, -0.05) is 26.0 Å². The molecule has 13 heavy (non-hydrogen) atoms. The number of benzene rings is 1. The van der Waals surface area contributed by atoms with Gasteiger partial charge in [-0.25, -0.2) is 0 Å². The van der Waals surface area contributed by atoms with Gasteiger partial charge in [0.25, 0.3) is 0 Å². The zero-order chi connectivity index (χ0) is 9.14. The summed E-state index contributed by atoms with van der Waals surface area (Å²) in [5, 5.41) is 0. The summed E-state index contributed by atoms with van der Waals surface area (Å²) in [4.78, 5) is 0.347. The quantitative estimate of drug-likeness (QED) is 0.478. The van der Waals surface area contributed by atoms with Gasteiger partial charge >= 0.3 is 51.4 Å². The van der Waals surface area contributed by atoms with Crippen LogP contribution in [0.1, 0.15) is 25.3 Å². The van der Waals surface area contributed by atoms with Gasteiger partial charge in [-0.2, -0.15) is 0 Å². The van der Waals surface area contributed by atoms with Gasteiger partial charge in [0.1, 0.15) is 0 Å². The van der Waals surface area contributed by atoms with Crippen LogP contribution in [0.3, 0.4) is 0 Å². The van der Waals surface area contributed by atoms with Crippen LogP contribution < -0.4 is 51.4 Å². The van der Waals surface area contributed by atoms with Crippen molar-refractivity contribution in [1.82, 2.24) is 0 Å². The molecule has 0 saturated carbocycles. The van der Waals surface area contributed by atoms with E-state index in [0.29, 0.717) is 10.8 Å². The second kappa shape index (κ2) is 6.45. The third-order valence-electron chi connectivity index (χ3n) is 1.74. The molecule has 66 valence electrons. The summed E-state index contributed by atoms with van der Waals surface area (Å²) >= 11 is -2.10. The van der Waals surface area contributed by atoms with Crippen molar-refractivity contribution in [3.8, 4) is 0 Å². The van der Waals surface area contributed by atoms with Crippen molar-refractivity contribution >= 4 is 11.1 Å². The van der Waals surface area contributed by atoms with Gasteiger partial charge in [0.05, 0.1) is 0 Å². The molecule has 1 aromatic rings. The van der Waals surface area contributed by atoms with E-state index in [0.717, 1.165) is 5.56 Å². The predicted molar refractivity (Wildman–Crippen MR) is 47.7 cm³/mol. The molecule has 0 aromatic heterocycles. The number of rotatable bonds is 2. The zero-order valence-electron chi connectivity index (χ0n) is 8.11. The molecule has 1 rings (SSSR count). The van der Waals surface area contributed by atoms with Crippen molar-refractivity contribution in [1.29, 1.82) is 0 Å². The standard InChI is InChI=1S/C9H12O2S.K/c1-7(2)8-3-5-9(6-4-8)12(10)11;/h3-7H,1-2H3,(H,10,11);/q;+1/p-1. The minimum atomic E-state index is -2.10. The summed E-state index contributed by atoms with van der Waals surface area (Å²) in [6.45, 7) is 4.15. The molecule has 0 aliphatic heterocycles. The monoisotopic (exact) mass is 222 g/mol. The minimum Gasteiger partial charge on any atom is -0.768 e. The summed E-state index contributed by atoms with van der Waals surface area (Å²) in [6, 6.07) is 6.93. The fraction of sp³-hybridized carbons (Fsp3) is 0.333. The second-order valence-corrected chi connectivity index (χ2v) is 3.90. The summed E-state index contributed by atoms with van der Waals surface area (Å²) in [5.41, 5.74) is 1.16. The first kappa shape index (κ1) is 14.0. The van der Waals surface area contributed by atoms with Gasteiger partial charge in [0.2, 0.25) is 0 Å². The molecule has 0 aliphatic carbocycles. The van der Waals surface area contributed by atoms with E-state index in [-0.39, 0.29) is 51.4 Å². The molecule has 1 unspecified atom stereocenters. The summed E-state index contributed by atoms with van der Waals surface area (Å²) in [6.07, 6.45) is 0. The topological polar surface area (TPSA) is 40.1 Å². The molecule has 0 fully saturated rings. The largest absolute Gasteiger partial charge is 1.00 e. The molecule has 0 amide bonds. The third-order valence-corrected chi connectivity index (χ3v) is 2.40. The van der Waals surface area contributed by atoms with Gasteiger partial charge in [0, 0.05) is 4.90 Å². The Morgan fingerprint density at radius 1 is 1.23 bits per heavy atom. The van der Waals surface area contributed by atoms with E-state index >= 15 is 0 Å². The summed E-state index contributed by atoms with van der Waals surface area (Å²) in [7, 11) is 0. The van der Waals surface area contributed by atoms with Crippen molar-refractivity contribution in [3.05, 3.63) is 29.8 Å². The van der Waals surface area contributed by atoms with Crippen LogP contribution in [-0.4, -0.2) is 8.76 Å². The normalized spacial score (nSPS) is 12.3. The molecule has 0 spiro atoms. The van der Waals surface area contributed by atoms with Gasteiger partial charge < -0.3 is 4.55 Å². The molecule has 0 N–H and O–H groups in total. The SMILES string of the molecule is CC(C)c1ccc(S(=O)[O-])cc1.[K+]. The van der Waals surface area contributed by atoms with Crippen LogP contribution in [0.25, 0.3) is 0 Å². The van der Waals surface area contributed by atoms with Gasteiger partial charge in [0.15, 0.2) is 0 Å². The predicted octanol–water partition coefficient (Wildman–Crippen LogP) is -0.948. The van der Waals surface area contributed by atoms with E-state index in [1.165, 1.54) is 0 Å². The van der Waals surface area contributed by atoms with Crippen molar-refractivity contribution in [3.63, 3.8) is 0 Å². The fourth-order valence-electron chi connectivity index (χ4n) is 0.964. The van der Waals surface area contributed by atoms with E-state index in [9.17, 15) is 8.76 Å². The molecule has 1 atom stereocenters. The van der Waals surface area contributed by atoms with Crippen LogP contribution in [0, 0.1) is 0 Å². The average molecular weight is 222 g/mol. The third kappa shape index (κ3) is 4.33. The second-order valence-electron chi connectivity index (χ2n) is 2.96. The molecule has 0 radical (unpaired) electrons. The zero-order valence-corrected chi connectivity index (χ0v) is 12.1. The molecule has 0 aliphatic rings. The first-order valence-electron chi connectivity index (χ1n) is 3.80. The van der Waals surface area contributed by atoms with Crippen molar-refractivity contribution in [2.45, 2.75) is 24.7 Å². The van der Waals surface area contributed by atoms with Crippen LogP contribution in [-0.2, 0) is 11.1 Å².